The molecule has 0 radical (unpaired) electrons. The molecule has 1 saturated heterocycles. The van der Waals surface area contributed by atoms with Gasteiger partial charge in [0.05, 0.1) is 0 Å². The number of rotatable bonds is 8. The number of carbonyl (C=O) groups excluding carboxylic acids is 2. The fourth-order valence-electron chi connectivity index (χ4n) is 3.52. The molecular formula is C21H21N6O5S3+. The second kappa shape index (κ2) is 10.5. The van der Waals surface area contributed by atoms with Gasteiger partial charge >= 0.3 is 5.97 Å². The molecule has 11 nitrogen and oxygen atoms in total. The highest BCUT2D eigenvalue weighted by Gasteiger charge is 2.54. The van der Waals surface area contributed by atoms with Gasteiger partial charge in [0.2, 0.25) is 0 Å². The van der Waals surface area contributed by atoms with E-state index >= 15 is 0 Å². The van der Waals surface area contributed by atoms with E-state index in [9.17, 15) is 24.7 Å². The molecule has 2 aromatic heterocycles. The van der Waals surface area contributed by atoms with Crippen LogP contribution >= 0.6 is 34.9 Å². The number of pyridine rings is 1. The minimum absolute atomic E-state index is 0.0754. The molecule has 2 amide bonds. The Kier molecular flexibility index (Phi) is 7.42. The number of aromatic nitrogens is 2. The van der Waals surface area contributed by atoms with E-state index in [1.165, 1.54) is 33.8 Å². The van der Waals surface area contributed by atoms with Crippen LogP contribution in [0.2, 0.25) is 0 Å². The van der Waals surface area contributed by atoms with Crippen molar-refractivity contribution < 1.29 is 29.3 Å². The molecule has 2 aromatic rings. The van der Waals surface area contributed by atoms with Crippen molar-refractivity contribution in [3.05, 3.63) is 58.4 Å². The predicted octanol–water partition coefficient (Wildman–Crippen LogP) is 1.26. The van der Waals surface area contributed by atoms with E-state index in [0.29, 0.717) is 11.3 Å². The highest BCUT2D eigenvalue weighted by Crippen LogP contribution is 2.41. The molecule has 182 valence electrons. The van der Waals surface area contributed by atoms with Crippen molar-refractivity contribution >= 4 is 63.5 Å². The summed E-state index contributed by atoms with van der Waals surface area (Å²) < 4.78 is 2.03. The molecule has 2 atom stereocenters. The van der Waals surface area contributed by atoms with E-state index in [0.717, 1.165) is 22.8 Å². The average Bonchev–Trinajstić information content (AvgIpc) is 3.28. The van der Waals surface area contributed by atoms with Crippen LogP contribution in [-0.2, 0) is 20.9 Å². The van der Waals surface area contributed by atoms with Crippen molar-refractivity contribution in [2.24, 2.45) is 5.16 Å². The lowest BCUT2D eigenvalue weighted by atomic mass is 10.0. The van der Waals surface area contributed by atoms with E-state index < -0.39 is 29.2 Å². The number of nitrogens with one attached hydrogen (secondary N) is 1. The predicted molar refractivity (Wildman–Crippen MR) is 132 cm³/mol. The molecule has 2 aliphatic heterocycles. The molecule has 1 fully saturated rings. The number of aryl methyl sites for hydroxylation is 1. The van der Waals surface area contributed by atoms with Gasteiger partial charge in [0.15, 0.2) is 23.2 Å². The third-order valence-electron chi connectivity index (χ3n) is 5.27. The molecule has 35 heavy (non-hydrogen) atoms. The molecule has 0 unspecified atom stereocenters. The van der Waals surface area contributed by atoms with Crippen LogP contribution in [0.3, 0.4) is 0 Å². The third-order valence-corrected chi connectivity index (χ3v) is 8.06. The van der Waals surface area contributed by atoms with Crippen LogP contribution < -0.4 is 15.6 Å². The molecule has 0 spiro atoms. The zero-order chi connectivity index (χ0) is 25.1. The maximum absolute atomic E-state index is 12.8. The number of carboxylic acid groups (broad SMARTS) is 1. The number of amides is 2. The number of carbonyl (C=O) groups is 3. The number of thiazole rings is 1. The van der Waals surface area contributed by atoms with Gasteiger partial charge in [0, 0.05) is 28.2 Å². The fraction of sp³-hybridized carbons (Fsp3) is 0.238. The van der Waals surface area contributed by atoms with Gasteiger partial charge in [-0.25, -0.2) is 14.3 Å². The standard InChI is InChI=1S/C21H20N6O5S3/c1-2-26-6-3-12(4-7-26)33-8-5-11-9-34-19-15(18(29)27(19)16(11)20(30)31)24-17(28)14(25-32)13-10-35-21(22)23-13/h3-8,10,15,19H,2,9H2,1H3,(H4-,22,23,24,28,30,31,32)/p+1/b8-5+/t15-,19-/m1/s1. The van der Waals surface area contributed by atoms with Gasteiger partial charge in [-0.2, -0.15) is 0 Å². The molecule has 5 N–H and O–H groups in total. The molecule has 0 saturated carbocycles. The Morgan fingerprint density at radius 3 is 2.77 bits per heavy atom. The van der Waals surface area contributed by atoms with Gasteiger partial charge < -0.3 is 21.4 Å². The van der Waals surface area contributed by atoms with Crippen LogP contribution in [0.4, 0.5) is 5.13 Å². The van der Waals surface area contributed by atoms with Crippen LogP contribution in [0.25, 0.3) is 0 Å². The number of allylic oxidation sites excluding steroid dienone is 1. The van der Waals surface area contributed by atoms with Crippen molar-refractivity contribution in [3.63, 3.8) is 0 Å². The molecule has 0 bridgehead atoms. The lowest BCUT2D eigenvalue weighted by Crippen LogP contribution is -2.71. The third kappa shape index (κ3) is 5.04. The smallest absolute Gasteiger partial charge is 0.352 e. The topological polar surface area (TPSA) is 162 Å². The Labute approximate surface area is 212 Å². The highest BCUT2D eigenvalue weighted by molar-refractivity contribution is 8.02. The first-order valence-corrected chi connectivity index (χ1v) is 13.1. The number of anilines is 1. The highest BCUT2D eigenvalue weighted by atomic mass is 32.2. The van der Waals surface area contributed by atoms with Gasteiger partial charge in [-0.1, -0.05) is 16.9 Å². The number of aliphatic carboxylic acids is 1. The summed E-state index contributed by atoms with van der Waals surface area (Å²) in [6.45, 7) is 2.91. The van der Waals surface area contributed by atoms with E-state index in [4.69, 9.17) is 5.73 Å². The zero-order valence-corrected chi connectivity index (χ0v) is 20.8. The average molecular weight is 534 g/mol. The summed E-state index contributed by atoms with van der Waals surface area (Å²) in [5, 5.41) is 27.4. The van der Waals surface area contributed by atoms with Crippen LogP contribution in [0.15, 0.2) is 62.7 Å². The molecular weight excluding hydrogens is 512 g/mol. The summed E-state index contributed by atoms with van der Waals surface area (Å²) in [4.78, 5) is 43.5. The molecule has 2 aliphatic rings. The molecule has 0 aliphatic carbocycles. The molecule has 4 rings (SSSR count). The monoisotopic (exact) mass is 533 g/mol. The van der Waals surface area contributed by atoms with Crippen molar-refractivity contribution in [1.29, 1.82) is 0 Å². The van der Waals surface area contributed by atoms with Gasteiger partial charge in [-0.05, 0) is 24.0 Å². The van der Waals surface area contributed by atoms with E-state index in [2.05, 4.69) is 15.5 Å². The maximum atomic E-state index is 12.8. The van der Waals surface area contributed by atoms with Gasteiger partial charge in [0.25, 0.3) is 11.8 Å². The second-order valence-electron chi connectivity index (χ2n) is 7.34. The van der Waals surface area contributed by atoms with Crippen LogP contribution in [0, 0.1) is 0 Å². The minimum atomic E-state index is -1.22. The quantitative estimate of drug-likeness (QED) is 0.0977. The molecule has 4 heterocycles. The second-order valence-corrected chi connectivity index (χ2v) is 10.3. The molecule has 14 heteroatoms. The first kappa shape index (κ1) is 24.8. The normalized spacial score (nSPS) is 20.1. The number of hydrogen-bond donors (Lipinski definition) is 4. The Morgan fingerprint density at radius 2 is 2.17 bits per heavy atom. The molecule has 0 aromatic carbocycles. The largest absolute Gasteiger partial charge is 0.477 e. The van der Waals surface area contributed by atoms with E-state index in [-0.39, 0.29) is 22.2 Å². The van der Waals surface area contributed by atoms with Crippen molar-refractivity contribution in [2.45, 2.75) is 29.8 Å². The van der Waals surface area contributed by atoms with Crippen LogP contribution in [-0.4, -0.2) is 60.9 Å². The van der Waals surface area contributed by atoms with Crippen molar-refractivity contribution in [1.82, 2.24) is 15.2 Å². The van der Waals surface area contributed by atoms with E-state index in [1.54, 1.807) is 11.5 Å². The van der Waals surface area contributed by atoms with E-state index in [1.807, 2.05) is 36.0 Å². The summed E-state index contributed by atoms with van der Waals surface area (Å²) in [5.74, 6) is -2.26. The summed E-state index contributed by atoms with van der Waals surface area (Å²) in [5.41, 5.74) is 5.64. The summed E-state index contributed by atoms with van der Waals surface area (Å²) in [7, 11) is 0. The van der Waals surface area contributed by atoms with Gasteiger partial charge in [-0.3, -0.25) is 14.5 Å². The number of oxime groups is 1. The zero-order valence-electron chi connectivity index (χ0n) is 18.3. The number of fused-ring (bicyclic) bond motifs is 1. The summed E-state index contributed by atoms with van der Waals surface area (Å²) >= 11 is 3.84. The van der Waals surface area contributed by atoms with Gasteiger partial charge in [-0.15, -0.1) is 23.1 Å². The Hall–Kier alpha value is -3.36. The lowest BCUT2D eigenvalue weighted by Gasteiger charge is -2.49. The summed E-state index contributed by atoms with van der Waals surface area (Å²) in [6, 6.07) is 2.96. The first-order chi connectivity index (χ1) is 16.8. The van der Waals surface area contributed by atoms with Crippen LogP contribution in [0.5, 0.6) is 0 Å². The maximum Gasteiger partial charge on any atom is 0.352 e. The van der Waals surface area contributed by atoms with Crippen molar-refractivity contribution in [2.75, 3.05) is 11.5 Å². The Bertz CT molecular complexity index is 1260. The number of carboxylic acids is 1. The lowest BCUT2D eigenvalue weighted by molar-refractivity contribution is -0.693. The number of nitrogen functional groups attached to an aromatic ring is 1. The number of nitrogens with zero attached hydrogens (tertiary/aromatic N) is 4. The van der Waals surface area contributed by atoms with Gasteiger partial charge in [0.1, 0.15) is 29.4 Å². The number of hydrogen-bond acceptors (Lipinski definition) is 10. The number of nitrogens with two attached hydrogens (primary N) is 1. The Balaban J connectivity index is 1.46. The SMILES string of the molecule is CC[n+]1ccc(S/C=C/C2=C(C(=O)O)N3C(=O)[C@@H](NC(=O)/C(=N/O)c4csc(N)n4)[C@H]3SC2)cc1. The number of thioether (sulfide) groups is 2. The minimum Gasteiger partial charge on any atom is -0.477 e. The Morgan fingerprint density at radius 1 is 1.43 bits per heavy atom. The van der Waals surface area contributed by atoms with Crippen molar-refractivity contribution in [3.8, 4) is 0 Å². The van der Waals surface area contributed by atoms with Crippen LogP contribution in [0.1, 0.15) is 12.6 Å². The summed E-state index contributed by atoms with van der Waals surface area (Å²) in [6.07, 6.45) is 5.62. The fourth-order valence-corrected chi connectivity index (χ4v) is 6.05. The number of β-lactam (4-membered cyclic amide) rings is 1. The first-order valence-electron chi connectivity index (χ1n) is 10.3.